The average Bonchev–Trinajstić information content (AvgIpc) is 2.95. The summed E-state index contributed by atoms with van der Waals surface area (Å²) in [6, 6.07) is 23.4. The number of nitrogens with zero attached hydrogens (tertiary/aromatic N) is 2. The van der Waals surface area contributed by atoms with Crippen molar-refractivity contribution in [3.05, 3.63) is 94.5 Å². The molecule has 1 N–H and O–H groups in total. The third-order valence-corrected chi connectivity index (χ3v) is 8.24. The molecule has 8 nitrogen and oxygen atoms in total. The molecule has 41 heavy (non-hydrogen) atoms. The molecule has 0 aliphatic carbocycles. The van der Waals surface area contributed by atoms with Crippen LogP contribution in [-0.4, -0.2) is 57.6 Å². The number of halogens is 1. The maximum absolute atomic E-state index is 13.9. The Hall–Kier alpha value is -3.37. The minimum Gasteiger partial charge on any atom is -0.495 e. The number of ether oxygens (including phenoxy) is 1. The van der Waals surface area contributed by atoms with Gasteiger partial charge in [0, 0.05) is 36.9 Å². The summed E-state index contributed by atoms with van der Waals surface area (Å²) in [5.41, 5.74) is 2.23. The monoisotopic (exact) mass is 643 g/mol. The van der Waals surface area contributed by atoms with Crippen molar-refractivity contribution in [3.8, 4) is 5.75 Å². The summed E-state index contributed by atoms with van der Waals surface area (Å²) in [6.07, 6.45) is 2.57. The van der Waals surface area contributed by atoms with Gasteiger partial charge in [-0.15, -0.1) is 0 Å². The van der Waals surface area contributed by atoms with Crippen molar-refractivity contribution in [3.63, 3.8) is 0 Å². The summed E-state index contributed by atoms with van der Waals surface area (Å²) >= 11 is 3.50. The van der Waals surface area contributed by atoms with Gasteiger partial charge in [-0.1, -0.05) is 77.5 Å². The Kier molecular flexibility index (Phi) is 12.2. The first kappa shape index (κ1) is 32.1. The summed E-state index contributed by atoms with van der Waals surface area (Å²) in [7, 11) is -2.16. The van der Waals surface area contributed by atoms with Gasteiger partial charge in [0.25, 0.3) is 0 Å². The average molecular weight is 645 g/mol. The van der Waals surface area contributed by atoms with Crippen molar-refractivity contribution in [2.45, 2.75) is 45.2 Å². The zero-order valence-corrected chi connectivity index (χ0v) is 26.2. The van der Waals surface area contributed by atoms with Gasteiger partial charge in [0.1, 0.15) is 11.8 Å². The highest BCUT2D eigenvalue weighted by molar-refractivity contribution is 9.10. The van der Waals surface area contributed by atoms with Gasteiger partial charge in [-0.25, -0.2) is 8.42 Å². The second-order valence-corrected chi connectivity index (χ2v) is 12.6. The number of para-hydroxylation sites is 2. The Labute approximate surface area is 251 Å². The van der Waals surface area contributed by atoms with E-state index in [1.165, 1.54) is 11.4 Å². The van der Waals surface area contributed by atoms with E-state index in [9.17, 15) is 18.0 Å². The van der Waals surface area contributed by atoms with Crippen LogP contribution in [0.25, 0.3) is 0 Å². The number of methoxy groups -OCH3 is 1. The lowest BCUT2D eigenvalue weighted by atomic mass is 10.0. The van der Waals surface area contributed by atoms with Gasteiger partial charge in [0.2, 0.25) is 21.8 Å². The van der Waals surface area contributed by atoms with Gasteiger partial charge in [0.05, 0.1) is 19.1 Å². The molecule has 3 aromatic carbocycles. The van der Waals surface area contributed by atoms with Crippen LogP contribution in [0.5, 0.6) is 5.75 Å². The molecular formula is C31H38BrN3O5S. The Bertz CT molecular complexity index is 1400. The highest BCUT2D eigenvalue weighted by Crippen LogP contribution is 2.30. The molecule has 220 valence electrons. The molecule has 0 saturated carbocycles. The van der Waals surface area contributed by atoms with Crippen LogP contribution in [0.2, 0.25) is 0 Å². The molecule has 0 heterocycles. The summed E-state index contributed by atoms with van der Waals surface area (Å²) in [4.78, 5) is 29.0. The molecule has 0 fully saturated rings. The predicted octanol–water partition coefficient (Wildman–Crippen LogP) is 5.17. The quantitative estimate of drug-likeness (QED) is 0.247. The van der Waals surface area contributed by atoms with Crippen LogP contribution in [0.15, 0.2) is 83.3 Å². The van der Waals surface area contributed by atoms with E-state index in [-0.39, 0.29) is 37.7 Å². The molecule has 0 radical (unpaired) electrons. The number of carbonyl (C=O) groups is 2. The lowest BCUT2D eigenvalue weighted by Gasteiger charge is -2.32. The summed E-state index contributed by atoms with van der Waals surface area (Å²) in [5.74, 6) is -0.0204. The first-order valence-corrected chi connectivity index (χ1v) is 16.2. The van der Waals surface area contributed by atoms with E-state index in [4.69, 9.17) is 4.74 Å². The van der Waals surface area contributed by atoms with Gasteiger partial charge in [-0.3, -0.25) is 13.9 Å². The van der Waals surface area contributed by atoms with E-state index >= 15 is 0 Å². The molecule has 0 spiro atoms. The zero-order chi connectivity index (χ0) is 29.8. The lowest BCUT2D eigenvalue weighted by Crippen LogP contribution is -2.50. The van der Waals surface area contributed by atoms with Crippen LogP contribution in [0, 0.1) is 0 Å². The second-order valence-electron chi connectivity index (χ2n) is 9.76. The van der Waals surface area contributed by atoms with E-state index < -0.39 is 16.1 Å². The summed E-state index contributed by atoms with van der Waals surface area (Å²) < 4.78 is 32.9. The van der Waals surface area contributed by atoms with Gasteiger partial charge in [-0.2, -0.15) is 0 Å². The molecule has 0 aromatic heterocycles. The number of nitrogens with one attached hydrogen (secondary N) is 1. The van der Waals surface area contributed by atoms with Crippen molar-refractivity contribution in [2.75, 3.05) is 30.8 Å². The largest absolute Gasteiger partial charge is 0.495 e. The van der Waals surface area contributed by atoms with Gasteiger partial charge < -0.3 is 15.0 Å². The summed E-state index contributed by atoms with van der Waals surface area (Å²) in [5, 5.41) is 2.97. The van der Waals surface area contributed by atoms with Crippen molar-refractivity contribution >= 4 is 43.5 Å². The molecule has 0 aliphatic heterocycles. The molecule has 2 amide bonds. The Balaban J connectivity index is 1.88. The molecule has 0 saturated heterocycles. The van der Waals surface area contributed by atoms with Gasteiger partial charge in [-0.05, 0) is 48.2 Å². The van der Waals surface area contributed by atoms with Crippen LogP contribution in [0.1, 0.15) is 37.3 Å². The van der Waals surface area contributed by atoms with E-state index in [0.717, 1.165) is 28.3 Å². The fourth-order valence-corrected chi connectivity index (χ4v) is 5.99. The van der Waals surface area contributed by atoms with Crippen molar-refractivity contribution in [1.82, 2.24) is 10.2 Å². The van der Waals surface area contributed by atoms with Crippen LogP contribution in [-0.2, 0) is 32.6 Å². The van der Waals surface area contributed by atoms with Crippen LogP contribution < -0.4 is 14.4 Å². The van der Waals surface area contributed by atoms with Gasteiger partial charge >= 0.3 is 0 Å². The second kappa shape index (κ2) is 15.6. The topological polar surface area (TPSA) is 96.0 Å². The van der Waals surface area contributed by atoms with Gasteiger partial charge in [0.15, 0.2) is 0 Å². The SMILES string of the molecule is CCCNC(=O)[C@@H](Cc1ccccc1)N(Cc1cccc(Br)c1)C(=O)CCCN(c1ccccc1OC)S(C)(=O)=O. The van der Waals surface area contributed by atoms with E-state index in [1.807, 2.05) is 61.5 Å². The molecule has 0 aliphatic rings. The molecule has 3 aromatic rings. The van der Waals surface area contributed by atoms with Crippen LogP contribution in [0.3, 0.4) is 0 Å². The predicted molar refractivity (Wildman–Crippen MR) is 166 cm³/mol. The fraction of sp³-hybridized carbons (Fsp3) is 0.355. The third kappa shape index (κ3) is 9.60. The minimum atomic E-state index is -3.64. The number of anilines is 1. The molecule has 10 heteroatoms. The Morgan fingerprint density at radius 1 is 0.976 bits per heavy atom. The minimum absolute atomic E-state index is 0.0571. The summed E-state index contributed by atoms with van der Waals surface area (Å²) in [6.45, 7) is 2.80. The molecule has 3 rings (SSSR count). The van der Waals surface area contributed by atoms with Crippen molar-refractivity contribution < 1.29 is 22.7 Å². The van der Waals surface area contributed by atoms with Crippen molar-refractivity contribution in [1.29, 1.82) is 0 Å². The molecule has 0 unspecified atom stereocenters. The number of hydrogen-bond donors (Lipinski definition) is 1. The highest BCUT2D eigenvalue weighted by Gasteiger charge is 2.30. The smallest absolute Gasteiger partial charge is 0.243 e. The Morgan fingerprint density at radius 2 is 1.66 bits per heavy atom. The van der Waals surface area contributed by atoms with Crippen LogP contribution >= 0.6 is 15.9 Å². The molecule has 1 atom stereocenters. The standard InChI is InChI=1S/C31H38BrN3O5S/c1-4-19-33-31(37)28(22-24-12-6-5-7-13-24)34(23-25-14-10-15-26(32)21-25)30(36)18-11-20-35(41(3,38)39)27-16-8-9-17-29(27)40-2/h5-10,12-17,21,28H,4,11,18-20,22-23H2,1-3H3,(H,33,37)/t28-/m1/s1. The molecular weight excluding hydrogens is 606 g/mol. The number of rotatable bonds is 15. The first-order valence-electron chi connectivity index (χ1n) is 13.6. The molecule has 0 bridgehead atoms. The van der Waals surface area contributed by atoms with Crippen LogP contribution in [0.4, 0.5) is 5.69 Å². The number of benzene rings is 3. The van der Waals surface area contributed by atoms with E-state index in [1.54, 1.807) is 29.2 Å². The fourth-order valence-electron chi connectivity index (χ4n) is 4.57. The number of amides is 2. The van der Waals surface area contributed by atoms with E-state index in [0.29, 0.717) is 24.4 Å². The number of sulfonamides is 1. The lowest BCUT2D eigenvalue weighted by molar-refractivity contribution is -0.141. The van der Waals surface area contributed by atoms with Crippen molar-refractivity contribution in [2.24, 2.45) is 0 Å². The third-order valence-electron chi connectivity index (χ3n) is 6.57. The number of carbonyl (C=O) groups excluding carboxylic acids is 2. The number of hydrogen-bond acceptors (Lipinski definition) is 5. The maximum Gasteiger partial charge on any atom is 0.243 e. The Morgan fingerprint density at radius 3 is 2.32 bits per heavy atom. The van der Waals surface area contributed by atoms with E-state index in [2.05, 4.69) is 21.2 Å². The normalized spacial score (nSPS) is 11.9. The zero-order valence-electron chi connectivity index (χ0n) is 23.8. The highest BCUT2D eigenvalue weighted by atomic mass is 79.9. The first-order chi connectivity index (χ1) is 19.6. The maximum atomic E-state index is 13.9.